The summed E-state index contributed by atoms with van der Waals surface area (Å²) in [4.78, 5) is 11.3. The molecule has 14 heavy (non-hydrogen) atoms. The first kappa shape index (κ1) is 9.34. The quantitative estimate of drug-likeness (QED) is 0.497. The standard InChI is InChI=1S/C11H16OS2/c1-14(2)9-6-7-5-8(12)3-4-11(7,13)10(9)14/h5,9-10,13H,3-4,6H2,1-2H3/t9-,10-,11+/m1/s1. The topological polar surface area (TPSA) is 17.1 Å². The average Bonchev–Trinajstić information content (AvgIpc) is 2.51. The molecule has 0 aromatic carbocycles. The van der Waals surface area contributed by atoms with Gasteiger partial charge in [-0.2, -0.15) is 12.6 Å². The summed E-state index contributed by atoms with van der Waals surface area (Å²) in [5.74, 6) is 0.318. The molecule has 3 rings (SSSR count). The lowest BCUT2D eigenvalue weighted by atomic mass is 9.88. The van der Waals surface area contributed by atoms with Crippen LogP contribution in [0, 0.1) is 0 Å². The lowest BCUT2D eigenvalue weighted by Crippen LogP contribution is -2.32. The SMILES string of the molecule is CS1(C)[C@@H]2CC3=CC(=O)CC[C@@]3(S)[C@@H]21. The first-order valence-corrected chi connectivity index (χ1v) is 8.16. The maximum atomic E-state index is 11.3. The van der Waals surface area contributed by atoms with Crippen molar-refractivity contribution in [2.75, 3.05) is 12.5 Å². The Labute approximate surface area is 92.1 Å². The van der Waals surface area contributed by atoms with Crippen molar-refractivity contribution in [2.24, 2.45) is 0 Å². The first-order chi connectivity index (χ1) is 6.46. The first-order valence-electron chi connectivity index (χ1n) is 5.13. The summed E-state index contributed by atoms with van der Waals surface area (Å²) >= 11 is 4.90. The van der Waals surface area contributed by atoms with E-state index in [9.17, 15) is 4.79 Å². The molecule has 0 radical (unpaired) electrons. The van der Waals surface area contributed by atoms with Gasteiger partial charge in [0.05, 0.1) is 0 Å². The summed E-state index contributed by atoms with van der Waals surface area (Å²) in [6.07, 6.45) is 9.59. The van der Waals surface area contributed by atoms with Crippen LogP contribution in [0.5, 0.6) is 0 Å². The predicted molar refractivity (Wildman–Crippen MR) is 65.7 cm³/mol. The summed E-state index contributed by atoms with van der Waals surface area (Å²) in [5, 5.41) is 1.68. The van der Waals surface area contributed by atoms with E-state index >= 15 is 0 Å². The highest BCUT2D eigenvalue weighted by molar-refractivity contribution is 8.40. The number of allylic oxidation sites excluding steroid dienone is 1. The maximum absolute atomic E-state index is 11.3. The van der Waals surface area contributed by atoms with Crippen molar-refractivity contribution in [3.05, 3.63) is 11.6 Å². The van der Waals surface area contributed by atoms with Crippen molar-refractivity contribution in [2.45, 2.75) is 34.5 Å². The second-order valence-electron chi connectivity index (χ2n) is 5.21. The molecule has 0 aromatic heterocycles. The van der Waals surface area contributed by atoms with Gasteiger partial charge in [-0.3, -0.25) is 4.79 Å². The van der Waals surface area contributed by atoms with E-state index in [4.69, 9.17) is 12.6 Å². The fourth-order valence-electron chi connectivity index (χ4n) is 3.36. The molecule has 3 aliphatic rings. The highest BCUT2D eigenvalue weighted by atomic mass is 32.3. The van der Waals surface area contributed by atoms with Crippen LogP contribution in [0.25, 0.3) is 0 Å². The number of carbonyl (C=O) groups excluding carboxylic acids is 1. The molecule has 0 aromatic rings. The Morgan fingerprint density at radius 3 is 3.00 bits per heavy atom. The third-order valence-electron chi connectivity index (χ3n) is 4.23. The number of thiol groups is 1. The van der Waals surface area contributed by atoms with E-state index in [1.807, 2.05) is 6.08 Å². The van der Waals surface area contributed by atoms with Gasteiger partial charge in [0.25, 0.3) is 0 Å². The molecule has 0 spiro atoms. The molecule has 2 aliphatic carbocycles. The van der Waals surface area contributed by atoms with Crippen LogP contribution in [0.3, 0.4) is 0 Å². The molecule has 0 bridgehead atoms. The van der Waals surface area contributed by atoms with Gasteiger partial charge in [-0.1, -0.05) is 0 Å². The van der Waals surface area contributed by atoms with Crippen molar-refractivity contribution >= 4 is 28.4 Å². The Kier molecular flexibility index (Phi) is 1.62. The zero-order chi connectivity index (χ0) is 10.1. The maximum Gasteiger partial charge on any atom is 0.155 e. The molecule has 3 heteroatoms. The summed E-state index contributed by atoms with van der Waals surface area (Å²) < 4.78 is 0.109. The molecule has 0 N–H and O–H groups in total. The monoisotopic (exact) mass is 228 g/mol. The molecule has 1 heterocycles. The van der Waals surface area contributed by atoms with Crippen molar-refractivity contribution in [1.29, 1.82) is 0 Å². The Morgan fingerprint density at radius 2 is 2.29 bits per heavy atom. The van der Waals surface area contributed by atoms with E-state index in [2.05, 4.69) is 12.5 Å². The van der Waals surface area contributed by atoms with Gasteiger partial charge in [0.15, 0.2) is 5.78 Å². The molecular weight excluding hydrogens is 212 g/mol. The van der Waals surface area contributed by atoms with E-state index in [-0.39, 0.29) is 14.8 Å². The van der Waals surface area contributed by atoms with Gasteiger partial charge < -0.3 is 0 Å². The molecule has 78 valence electrons. The normalized spacial score (nSPS) is 50.5. The van der Waals surface area contributed by atoms with Crippen LogP contribution in [0.1, 0.15) is 19.3 Å². The lowest BCUT2D eigenvalue weighted by molar-refractivity contribution is -0.115. The molecule has 3 atom stereocenters. The largest absolute Gasteiger partial charge is 0.295 e. The average molecular weight is 228 g/mol. The van der Waals surface area contributed by atoms with Crippen molar-refractivity contribution in [3.63, 3.8) is 0 Å². The molecule has 2 fully saturated rings. The van der Waals surface area contributed by atoms with Crippen molar-refractivity contribution < 1.29 is 4.79 Å². The second kappa shape index (κ2) is 2.43. The number of hydrogen-bond acceptors (Lipinski definition) is 2. The van der Waals surface area contributed by atoms with Crippen LogP contribution in [-0.2, 0) is 4.79 Å². The molecule has 1 aliphatic heterocycles. The summed E-state index contributed by atoms with van der Waals surface area (Å²) in [5.41, 5.74) is 1.35. The van der Waals surface area contributed by atoms with Gasteiger partial charge in [0, 0.05) is 21.7 Å². The van der Waals surface area contributed by atoms with Crippen LogP contribution >= 0.6 is 22.7 Å². The van der Waals surface area contributed by atoms with E-state index in [1.165, 1.54) is 5.57 Å². The fraction of sp³-hybridized carbons (Fsp3) is 0.727. The van der Waals surface area contributed by atoms with Crippen LogP contribution < -0.4 is 0 Å². The van der Waals surface area contributed by atoms with E-state index in [1.54, 1.807) is 0 Å². The van der Waals surface area contributed by atoms with Crippen LogP contribution in [0.4, 0.5) is 0 Å². The third-order valence-corrected chi connectivity index (χ3v) is 8.92. The Hall–Kier alpha value is 0.110. The van der Waals surface area contributed by atoms with Gasteiger partial charge in [0.2, 0.25) is 0 Å². The van der Waals surface area contributed by atoms with E-state index in [0.29, 0.717) is 12.2 Å². The van der Waals surface area contributed by atoms with E-state index in [0.717, 1.165) is 23.3 Å². The number of fused-ring (bicyclic) bond motifs is 3. The summed E-state index contributed by atoms with van der Waals surface area (Å²) in [7, 11) is -0.374. The zero-order valence-electron chi connectivity index (χ0n) is 8.62. The third kappa shape index (κ3) is 0.929. The highest BCUT2D eigenvalue weighted by Crippen LogP contribution is 2.81. The van der Waals surface area contributed by atoms with Crippen LogP contribution in [-0.4, -0.2) is 33.5 Å². The van der Waals surface area contributed by atoms with Crippen LogP contribution in [0.15, 0.2) is 11.6 Å². The van der Waals surface area contributed by atoms with E-state index < -0.39 is 0 Å². The number of carbonyl (C=O) groups is 1. The van der Waals surface area contributed by atoms with Gasteiger partial charge in [-0.05, 0) is 37.0 Å². The van der Waals surface area contributed by atoms with Crippen molar-refractivity contribution in [1.82, 2.24) is 0 Å². The van der Waals surface area contributed by atoms with Gasteiger partial charge in [-0.25, -0.2) is 10.0 Å². The Morgan fingerprint density at radius 1 is 1.57 bits per heavy atom. The zero-order valence-corrected chi connectivity index (χ0v) is 10.3. The summed E-state index contributed by atoms with van der Waals surface area (Å²) in [6.45, 7) is 0. The van der Waals surface area contributed by atoms with Crippen LogP contribution in [0.2, 0.25) is 0 Å². The van der Waals surface area contributed by atoms with Gasteiger partial charge >= 0.3 is 0 Å². The summed E-state index contributed by atoms with van der Waals surface area (Å²) in [6, 6.07) is 0. The molecule has 0 amide bonds. The van der Waals surface area contributed by atoms with Gasteiger partial charge in [0.1, 0.15) is 0 Å². The lowest BCUT2D eigenvalue weighted by Gasteiger charge is -2.34. The minimum atomic E-state index is -0.374. The van der Waals surface area contributed by atoms with Crippen molar-refractivity contribution in [3.8, 4) is 0 Å². The number of hydrogen-bond donors (Lipinski definition) is 1. The Balaban J connectivity index is 2.02. The molecule has 1 saturated carbocycles. The number of rotatable bonds is 0. The second-order valence-corrected chi connectivity index (χ2v) is 10.1. The number of ketones is 1. The molecule has 1 saturated heterocycles. The van der Waals surface area contributed by atoms with Gasteiger partial charge in [-0.15, -0.1) is 0 Å². The molecular formula is C11H16OS2. The minimum absolute atomic E-state index is 0.109. The smallest absolute Gasteiger partial charge is 0.155 e. The highest BCUT2D eigenvalue weighted by Gasteiger charge is 2.68. The molecule has 1 nitrogen and oxygen atoms in total. The Bertz CT molecular complexity index is 358. The minimum Gasteiger partial charge on any atom is -0.295 e. The molecule has 0 unspecified atom stereocenters. The predicted octanol–water partition coefficient (Wildman–Crippen LogP) is 2.16. The fourth-order valence-corrected chi connectivity index (χ4v) is 8.76.